The molecule has 3 rings (SSSR count). The molecule has 2 aromatic rings. The zero-order valence-corrected chi connectivity index (χ0v) is 12.3. The molecule has 13 heteroatoms. The van der Waals surface area contributed by atoms with E-state index in [1.807, 2.05) is 0 Å². The fourth-order valence-corrected chi connectivity index (χ4v) is 2.76. The fraction of sp³-hybridized carbons (Fsp3) is 0.500. The summed E-state index contributed by atoms with van der Waals surface area (Å²) < 4.78 is 21.5. The highest BCUT2D eigenvalue weighted by atomic mass is 31.2. The summed E-state index contributed by atoms with van der Waals surface area (Å²) in [5, 5.41) is 16.3. The van der Waals surface area contributed by atoms with E-state index in [1.165, 1.54) is 6.20 Å². The Hall–Kier alpha value is -1.82. The predicted octanol–water partition coefficient (Wildman–Crippen LogP) is -1.83. The van der Waals surface area contributed by atoms with Gasteiger partial charge in [0.15, 0.2) is 0 Å². The van der Waals surface area contributed by atoms with Crippen molar-refractivity contribution >= 4 is 18.9 Å². The van der Waals surface area contributed by atoms with Crippen LogP contribution in [-0.4, -0.2) is 53.5 Å². The predicted molar refractivity (Wildman–Crippen MR) is 73.5 cm³/mol. The summed E-state index contributed by atoms with van der Waals surface area (Å²) in [6.07, 6.45) is -1.89. The van der Waals surface area contributed by atoms with Gasteiger partial charge in [-0.15, -0.1) is 0 Å². The van der Waals surface area contributed by atoms with E-state index < -0.39 is 44.1 Å². The molecular formula is C10H13N4O8P. The van der Waals surface area contributed by atoms with Crippen molar-refractivity contribution in [2.75, 3.05) is 6.61 Å². The van der Waals surface area contributed by atoms with Crippen LogP contribution in [0.3, 0.4) is 0 Å². The minimum absolute atomic E-state index is 0.0325. The number of phosphoric acid groups is 1. The van der Waals surface area contributed by atoms with Crippen molar-refractivity contribution < 1.29 is 28.7 Å². The van der Waals surface area contributed by atoms with Crippen LogP contribution < -0.4 is 11.2 Å². The summed E-state index contributed by atoms with van der Waals surface area (Å²) in [5.41, 5.74) is -1.26. The molecule has 0 amide bonds. The summed E-state index contributed by atoms with van der Waals surface area (Å²) in [7, 11) is -4.71. The van der Waals surface area contributed by atoms with Crippen LogP contribution in [0.4, 0.5) is 0 Å². The van der Waals surface area contributed by atoms with Gasteiger partial charge >= 0.3 is 13.5 Å². The number of ether oxygens (including phenoxy) is 1. The molecule has 0 radical (unpaired) electrons. The highest BCUT2D eigenvalue weighted by Crippen LogP contribution is 2.38. The molecule has 3 heterocycles. The van der Waals surface area contributed by atoms with Crippen molar-refractivity contribution in [3.63, 3.8) is 0 Å². The van der Waals surface area contributed by atoms with Gasteiger partial charge in [0.1, 0.15) is 23.4 Å². The molecule has 0 spiro atoms. The average molecular weight is 348 g/mol. The third-order valence-corrected chi connectivity index (χ3v) is 3.93. The number of rotatable bonds is 4. The Balaban J connectivity index is 1.90. The van der Waals surface area contributed by atoms with Gasteiger partial charge in [0.25, 0.3) is 5.56 Å². The summed E-state index contributed by atoms with van der Waals surface area (Å²) in [6.45, 7) is -0.549. The lowest BCUT2D eigenvalue weighted by Gasteiger charge is -2.16. The molecule has 0 bridgehead atoms. The van der Waals surface area contributed by atoms with Crippen LogP contribution >= 0.6 is 7.82 Å². The van der Waals surface area contributed by atoms with Crippen LogP contribution in [0.5, 0.6) is 0 Å². The Kier molecular flexibility index (Phi) is 3.96. The molecule has 126 valence electrons. The summed E-state index contributed by atoms with van der Waals surface area (Å²) >= 11 is 0. The highest BCUT2D eigenvalue weighted by Gasteiger charge is 2.37. The molecule has 5 N–H and O–H groups in total. The van der Waals surface area contributed by atoms with Gasteiger partial charge in [-0.1, -0.05) is 0 Å². The quantitative estimate of drug-likeness (QED) is 0.397. The standard InChI is InChI=1S/C10H13N4O8P/c15-5-1-7(22-6(5)3-21-23(18,19)20)14-8-4(2-11-13-8)9(16)12-10(14)17/h2,5-7,15H,1,3H2,(H,11,13)(H,12,16,17)(H2,18,19,20)/t5-,6+,7+/m0/s1. The van der Waals surface area contributed by atoms with E-state index in [2.05, 4.69) is 19.7 Å². The molecule has 12 nitrogen and oxygen atoms in total. The average Bonchev–Trinajstić information content (AvgIpc) is 3.03. The second-order valence-corrected chi connectivity index (χ2v) is 6.22. The van der Waals surface area contributed by atoms with Gasteiger partial charge in [-0.05, 0) is 0 Å². The summed E-state index contributed by atoms with van der Waals surface area (Å²) in [6, 6.07) is 0. The molecule has 0 aliphatic carbocycles. The topological polar surface area (TPSA) is 180 Å². The van der Waals surface area contributed by atoms with Crippen molar-refractivity contribution in [2.24, 2.45) is 0 Å². The van der Waals surface area contributed by atoms with Crippen molar-refractivity contribution in [1.29, 1.82) is 0 Å². The number of aliphatic hydroxyl groups excluding tert-OH is 1. The molecule has 1 aliphatic heterocycles. The molecule has 23 heavy (non-hydrogen) atoms. The normalized spacial score (nSPS) is 25.3. The number of fused-ring (bicyclic) bond motifs is 1. The second kappa shape index (κ2) is 5.67. The fourth-order valence-electron chi connectivity index (χ4n) is 2.42. The smallest absolute Gasteiger partial charge is 0.390 e. The molecule has 0 aromatic carbocycles. The van der Waals surface area contributed by atoms with Crippen LogP contribution in [0.15, 0.2) is 15.8 Å². The lowest BCUT2D eigenvalue weighted by Crippen LogP contribution is -2.33. The van der Waals surface area contributed by atoms with Crippen molar-refractivity contribution in [3.8, 4) is 0 Å². The number of hydrogen-bond donors (Lipinski definition) is 5. The van der Waals surface area contributed by atoms with Gasteiger partial charge in [-0.25, -0.2) is 9.36 Å². The summed E-state index contributed by atoms with van der Waals surface area (Å²) in [4.78, 5) is 43.1. The van der Waals surface area contributed by atoms with Gasteiger partial charge < -0.3 is 19.6 Å². The first-order valence-corrected chi connectivity index (χ1v) is 8.01. The number of nitrogens with one attached hydrogen (secondary N) is 2. The molecule has 0 saturated carbocycles. The van der Waals surface area contributed by atoms with Crippen molar-refractivity contribution in [2.45, 2.75) is 24.9 Å². The number of aromatic nitrogens is 4. The number of hydrogen-bond acceptors (Lipinski definition) is 7. The van der Waals surface area contributed by atoms with E-state index in [0.29, 0.717) is 0 Å². The molecule has 1 aliphatic rings. The number of aromatic amines is 2. The third-order valence-electron chi connectivity index (χ3n) is 3.44. The van der Waals surface area contributed by atoms with E-state index >= 15 is 0 Å². The third kappa shape index (κ3) is 3.13. The van der Waals surface area contributed by atoms with Crippen molar-refractivity contribution in [3.05, 3.63) is 27.0 Å². The van der Waals surface area contributed by atoms with Gasteiger partial charge in [0.2, 0.25) is 0 Å². The monoisotopic (exact) mass is 348 g/mol. The highest BCUT2D eigenvalue weighted by molar-refractivity contribution is 7.46. The molecular weight excluding hydrogens is 335 g/mol. The van der Waals surface area contributed by atoms with E-state index in [0.717, 1.165) is 4.57 Å². The number of phosphoric ester groups is 1. The van der Waals surface area contributed by atoms with Crippen LogP contribution in [0, 0.1) is 0 Å². The van der Waals surface area contributed by atoms with Crippen molar-refractivity contribution in [1.82, 2.24) is 19.7 Å². The molecule has 3 atom stereocenters. The number of H-pyrrole nitrogens is 2. The molecule has 2 aromatic heterocycles. The zero-order valence-electron chi connectivity index (χ0n) is 11.4. The number of nitrogens with zero attached hydrogens (tertiary/aromatic N) is 2. The maximum absolute atomic E-state index is 12.0. The first-order chi connectivity index (χ1) is 10.8. The Morgan fingerprint density at radius 1 is 1.48 bits per heavy atom. The lowest BCUT2D eigenvalue weighted by atomic mass is 10.2. The SMILES string of the molecule is O=c1[nH]c(=O)n([C@H]2C[C@H](O)[C@@H](COP(=O)(O)O)O2)c2[nH]ncc12. The van der Waals surface area contributed by atoms with Crippen LogP contribution in [0.25, 0.3) is 11.0 Å². The van der Waals surface area contributed by atoms with Gasteiger partial charge in [-0.3, -0.25) is 24.0 Å². The zero-order chi connectivity index (χ0) is 16.8. The first-order valence-electron chi connectivity index (χ1n) is 6.48. The maximum atomic E-state index is 12.0. The number of aliphatic hydroxyl groups is 1. The van der Waals surface area contributed by atoms with Crippen LogP contribution in [-0.2, 0) is 13.8 Å². The minimum atomic E-state index is -4.71. The van der Waals surface area contributed by atoms with E-state index in [4.69, 9.17) is 14.5 Å². The maximum Gasteiger partial charge on any atom is 0.469 e. The summed E-state index contributed by atoms with van der Waals surface area (Å²) in [5.74, 6) is 0. The minimum Gasteiger partial charge on any atom is -0.390 e. The lowest BCUT2D eigenvalue weighted by molar-refractivity contribution is -0.0437. The van der Waals surface area contributed by atoms with Gasteiger partial charge in [0, 0.05) is 6.42 Å². The Morgan fingerprint density at radius 2 is 2.22 bits per heavy atom. The molecule has 0 unspecified atom stereocenters. The van der Waals surface area contributed by atoms with E-state index in [-0.39, 0.29) is 17.5 Å². The largest absolute Gasteiger partial charge is 0.469 e. The van der Waals surface area contributed by atoms with E-state index in [9.17, 15) is 19.3 Å². The second-order valence-electron chi connectivity index (χ2n) is 4.98. The van der Waals surface area contributed by atoms with Crippen LogP contribution in [0.1, 0.15) is 12.6 Å². The van der Waals surface area contributed by atoms with Gasteiger partial charge in [-0.2, -0.15) is 5.10 Å². The van der Waals surface area contributed by atoms with E-state index in [1.54, 1.807) is 0 Å². The Labute approximate surface area is 126 Å². The molecule has 1 fully saturated rings. The van der Waals surface area contributed by atoms with Gasteiger partial charge in [0.05, 0.1) is 18.9 Å². The Morgan fingerprint density at radius 3 is 2.91 bits per heavy atom. The molecule has 1 saturated heterocycles. The Bertz CT molecular complexity index is 881. The first kappa shape index (κ1) is 16.1. The van der Waals surface area contributed by atoms with Crippen LogP contribution in [0.2, 0.25) is 0 Å².